The van der Waals surface area contributed by atoms with Crippen LogP contribution in [0.3, 0.4) is 0 Å². The monoisotopic (exact) mass is 255 g/mol. The van der Waals surface area contributed by atoms with Gasteiger partial charge >= 0.3 is 0 Å². The maximum absolute atomic E-state index is 5.87. The molecule has 1 aromatic rings. The Morgan fingerprint density at radius 3 is 2.88 bits per heavy atom. The Balaban J connectivity index is 1.99. The molecule has 2 heterocycles. The summed E-state index contributed by atoms with van der Waals surface area (Å²) in [5, 5.41) is 3.92. The molecule has 0 aromatic carbocycles. The zero-order valence-corrected chi connectivity index (χ0v) is 10.7. The molecule has 1 aliphatic rings. The van der Waals surface area contributed by atoms with Crippen LogP contribution in [0.15, 0.2) is 12.3 Å². The fourth-order valence-corrected chi connectivity index (χ4v) is 2.29. The molecular weight excluding hydrogens is 238 g/mol. The van der Waals surface area contributed by atoms with Gasteiger partial charge in [-0.3, -0.25) is 0 Å². The van der Waals surface area contributed by atoms with Crippen LogP contribution in [0.1, 0.15) is 19.8 Å². The number of nitrogen functional groups attached to an aromatic ring is 1. The molecule has 94 valence electrons. The van der Waals surface area contributed by atoms with Crippen molar-refractivity contribution in [3.8, 4) is 0 Å². The van der Waals surface area contributed by atoms with E-state index in [1.807, 2.05) is 0 Å². The molecule has 0 aliphatic carbocycles. The summed E-state index contributed by atoms with van der Waals surface area (Å²) in [6.45, 7) is 3.85. The first-order valence-electron chi connectivity index (χ1n) is 5.92. The lowest BCUT2D eigenvalue weighted by molar-refractivity contribution is 0.0622. The largest absolute Gasteiger partial charge is 0.396 e. The van der Waals surface area contributed by atoms with E-state index in [1.54, 1.807) is 12.3 Å². The van der Waals surface area contributed by atoms with Crippen LogP contribution in [0, 0.1) is 5.92 Å². The summed E-state index contributed by atoms with van der Waals surface area (Å²) in [6.07, 6.45) is 3.78. The Kier molecular flexibility index (Phi) is 4.07. The molecule has 17 heavy (non-hydrogen) atoms. The number of pyridine rings is 1. The molecule has 1 unspecified atom stereocenters. The molecule has 0 amide bonds. The number of hydrogen-bond acceptors (Lipinski definition) is 4. The minimum Gasteiger partial charge on any atom is -0.396 e. The number of ether oxygens (including phenoxy) is 1. The highest BCUT2D eigenvalue weighted by atomic mass is 35.5. The molecule has 0 spiro atoms. The van der Waals surface area contributed by atoms with Crippen LogP contribution >= 0.6 is 11.6 Å². The second-order valence-electron chi connectivity index (χ2n) is 4.47. The number of nitrogens with one attached hydrogen (secondary N) is 1. The van der Waals surface area contributed by atoms with Crippen molar-refractivity contribution in [1.29, 1.82) is 0 Å². The quantitative estimate of drug-likeness (QED) is 0.872. The molecule has 3 N–H and O–H groups in total. The van der Waals surface area contributed by atoms with Gasteiger partial charge in [-0.05, 0) is 31.7 Å². The van der Waals surface area contributed by atoms with Crippen LogP contribution in [0.2, 0.25) is 5.02 Å². The van der Waals surface area contributed by atoms with E-state index in [4.69, 9.17) is 22.1 Å². The van der Waals surface area contributed by atoms with E-state index >= 15 is 0 Å². The second kappa shape index (κ2) is 5.56. The zero-order valence-electron chi connectivity index (χ0n) is 9.95. The smallest absolute Gasteiger partial charge is 0.149 e. The highest BCUT2D eigenvalue weighted by molar-refractivity contribution is 6.30. The van der Waals surface area contributed by atoms with Gasteiger partial charge in [-0.1, -0.05) is 11.6 Å². The van der Waals surface area contributed by atoms with Gasteiger partial charge in [0.05, 0.1) is 10.7 Å². The standard InChI is InChI=1S/C12H18ClN3O/c1-8(9-2-4-17-5-3-9)16-12-11(14)6-10(13)7-15-12/h6-9H,2-5,14H2,1H3,(H,15,16). The molecule has 1 aliphatic heterocycles. The number of rotatable bonds is 3. The van der Waals surface area contributed by atoms with E-state index in [9.17, 15) is 0 Å². The van der Waals surface area contributed by atoms with E-state index in [2.05, 4.69) is 17.2 Å². The Bertz CT molecular complexity index is 380. The van der Waals surface area contributed by atoms with E-state index in [1.165, 1.54) is 0 Å². The van der Waals surface area contributed by atoms with Crippen molar-refractivity contribution in [2.45, 2.75) is 25.8 Å². The van der Waals surface area contributed by atoms with Gasteiger partial charge in [-0.15, -0.1) is 0 Å². The SMILES string of the molecule is CC(Nc1ncc(Cl)cc1N)C1CCOCC1. The molecule has 0 saturated carbocycles. The first kappa shape index (κ1) is 12.5. The van der Waals surface area contributed by atoms with Crippen molar-refractivity contribution >= 4 is 23.1 Å². The summed E-state index contributed by atoms with van der Waals surface area (Å²) in [6, 6.07) is 2.06. The van der Waals surface area contributed by atoms with E-state index in [0.29, 0.717) is 28.5 Å². The molecule has 1 fully saturated rings. The number of nitrogens with two attached hydrogens (primary N) is 1. The van der Waals surface area contributed by atoms with Crippen LogP contribution < -0.4 is 11.1 Å². The molecule has 1 saturated heterocycles. The molecule has 0 bridgehead atoms. The Labute approximate surface area is 107 Å². The van der Waals surface area contributed by atoms with Gasteiger partial charge in [-0.2, -0.15) is 0 Å². The third kappa shape index (κ3) is 3.23. The van der Waals surface area contributed by atoms with Gasteiger partial charge in [-0.25, -0.2) is 4.98 Å². The normalized spacial score (nSPS) is 18.9. The fourth-order valence-electron chi connectivity index (χ4n) is 2.12. The highest BCUT2D eigenvalue weighted by Gasteiger charge is 2.21. The van der Waals surface area contributed by atoms with Gasteiger partial charge in [0.15, 0.2) is 0 Å². The summed E-state index contributed by atoms with van der Waals surface area (Å²) < 4.78 is 5.35. The Morgan fingerprint density at radius 1 is 1.53 bits per heavy atom. The predicted octanol–water partition coefficient (Wildman–Crippen LogP) is 2.54. The molecule has 4 nitrogen and oxygen atoms in total. The van der Waals surface area contributed by atoms with Gasteiger partial charge in [0.2, 0.25) is 0 Å². The minimum atomic E-state index is 0.342. The maximum atomic E-state index is 5.87. The van der Waals surface area contributed by atoms with Crippen molar-refractivity contribution < 1.29 is 4.74 Å². The summed E-state index contributed by atoms with van der Waals surface area (Å²) in [7, 11) is 0. The van der Waals surface area contributed by atoms with Crippen LogP contribution in [0.25, 0.3) is 0 Å². The lowest BCUT2D eigenvalue weighted by Gasteiger charge is -2.29. The van der Waals surface area contributed by atoms with Gasteiger partial charge < -0.3 is 15.8 Å². The molecule has 1 atom stereocenters. The zero-order chi connectivity index (χ0) is 12.3. The lowest BCUT2D eigenvalue weighted by Crippen LogP contribution is -2.31. The second-order valence-corrected chi connectivity index (χ2v) is 4.91. The van der Waals surface area contributed by atoms with Crippen molar-refractivity contribution in [1.82, 2.24) is 4.98 Å². The first-order chi connectivity index (χ1) is 8.16. The van der Waals surface area contributed by atoms with Crippen molar-refractivity contribution in [3.63, 3.8) is 0 Å². The van der Waals surface area contributed by atoms with Gasteiger partial charge in [0, 0.05) is 25.5 Å². The van der Waals surface area contributed by atoms with Gasteiger partial charge in [0.1, 0.15) is 5.82 Å². The molecule has 2 rings (SSSR count). The summed E-state index contributed by atoms with van der Waals surface area (Å²) >= 11 is 5.82. The average Bonchev–Trinajstić information content (AvgIpc) is 2.34. The van der Waals surface area contributed by atoms with E-state index < -0.39 is 0 Å². The van der Waals surface area contributed by atoms with Crippen molar-refractivity contribution in [2.75, 3.05) is 24.3 Å². The number of aromatic nitrogens is 1. The summed E-state index contributed by atoms with van der Waals surface area (Å²) in [5.41, 5.74) is 6.46. The van der Waals surface area contributed by atoms with Crippen LogP contribution in [-0.2, 0) is 4.74 Å². The summed E-state index contributed by atoms with van der Waals surface area (Å²) in [4.78, 5) is 4.21. The molecule has 1 aromatic heterocycles. The fraction of sp³-hybridized carbons (Fsp3) is 0.583. The van der Waals surface area contributed by atoms with E-state index in [-0.39, 0.29) is 0 Å². The van der Waals surface area contributed by atoms with Crippen LogP contribution in [0.5, 0.6) is 0 Å². The first-order valence-corrected chi connectivity index (χ1v) is 6.30. The van der Waals surface area contributed by atoms with Gasteiger partial charge in [0.25, 0.3) is 0 Å². The number of hydrogen-bond donors (Lipinski definition) is 2. The van der Waals surface area contributed by atoms with Crippen LogP contribution in [-0.4, -0.2) is 24.2 Å². The third-order valence-electron chi connectivity index (χ3n) is 3.22. The third-order valence-corrected chi connectivity index (χ3v) is 3.43. The molecular formula is C12H18ClN3O. The summed E-state index contributed by atoms with van der Waals surface area (Å²) in [5.74, 6) is 1.33. The van der Waals surface area contributed by atoms with Crippen LogP contribution in [0.4, 0.5) is 11.5 Å². The number of nitrogens with zero attached hydrogens (tertiary/aromatic N) is 1. The topological polar surface area (TPSA) is 60.2 Å². The molecule has 0 radical (unpaired) electrons. The van der Waals surface area contributed by atoms with Crippen molar-refractivity contribution in [2.24, 2.45) is 5.92 Å². The predicted molar refractivity (Wildman–Crippen MR) is 70.3 cm³/mol. The molecule has 5 heteroatoms. The van der Waals surface area contributed by atoms with Crippen molar-refractivity contribution in [3.05, 3.63) is 17.3 Å². The minimum absolute atomic E-state index is 0.342. The lowest BCUT2D eigenvalue weighted by atomic mass is 9.93. The number of halogens is 1. The maximum Gasteiger partial charge on any atom is 0.149 e. The van der Waals surface area contributed by atoms with E-state index in [0.717, 1.165) is 26.1 Å². The Hall–Kier alpha value is -1.00. The highest BCUT2D eigenvalue weighted by Crippen LogP contribution is 2.24. The average molecular weight is 256 g/mol. The Morgan fingerprint density at radius 2 is 2.24 bits per heavy atom. The number of anilines is 2.